The number of nitrogens with zero attached hydrogens (tertiary/aromatic N) is 2. The van der Waals surface area contributed by atoms with Crippen molar-refractivity contribution in [3.8, 4) is 0 Å². The van der Waals surface area contributed by atoms with E-state index in [9.17, 15) is 9.59 Å². The summed E-state index contributed by atoms with van der Waals surface area (Å²) in [6.07, 6.45) is 0. The van der Waals surface area contributed by atoms with Crippen LogP contribution in [-0.2, 0) is 11.3 Å². The molecule has 1 heterocycles. The fraction of sp³-hybridized carbons (Fsp3) is 0.438. The molecule has 0 aliphatic carbocycles. The summed E-state index contributed by atoms with van der Waals surface area (Å²) in [7, 11) is 0. The first-order valence-corrected chi connectivity index (χ1v) is 7.76. The number of aryl methyl sites for hydroxylation is 1. The second-order valence-corrected chi connectivity index (χ2v) is 5.32. The number of benzene rings is 1. The number of nitrogens with one attached hydrogen (secondary N) is 3. The zero-order valence-corrected chi connectivity index (χ0v) is 13.6. The Hall–Kier alpha value is -2.57. The molecule has 7 nitrogen and oxygen atoms in total. The highest BCUT2D eigenvalue weighted by Crippen LogP contribution is 2.05. The molecule has 1 saturated heterocycles. The second-order valence-electron chi connectivity index (χ2n) is 5.32. The van der Waals surface area contributed by atoms with E-state index in [1.165, 1.54) is 10.5 Å². The molecule has 124 valence electrons. The van der Waals surface area contributed by atoms with Gasteiger partial charge in [0.2, 0.25) is 5.91 Å². The molecule has 1 aliphatic heterocycles. The van der Waals surface area contributed by atoms with Crippen LogP contribution in [0.15, 0.2) is 29.3 Å². The summed E-state index contributed by atoms with van der Waals surface area (Å²) in [6, 6.07) is 7.86. The average Bonchev–Trinajstić information content (AvgIpc) is 2.84. The van der Waals surface area contributed by atoms with Crippen LogP contribution in [0.5, 0.6) is 0 Å². The molecule has 1 aromatic carbocycles. The van der Waals surface area contributed by atoms with Crippen molar-refractivity contribution in [2.75, 3.05) is 26.2 Å². The third kappa shape index (κ3) is 4.98. The van der Waals surface area contributed by atoms with Crippen LogP contribution in [0.3, 0.4) is 0 Å². The van der Waals surface area contributed by atoms with Gasteiger partial charge in [0.15, 0.2) is 5.96 Å². The lowest BCUT2D eigenvalue weighted by Crippen LogP contribution is -2.43. The van der Waals surface area contributed by atoms with E-state index in [4.69, 9.17) is 0 Å². The Labute approximate surface area is 136 Å². The molecule has 0 atom stereocenters. The molecule has 0 unspecified atom stereocenters. The van der Waals surface area contributed by atoms with Crippen LogP contribution in [-0.4, -0.2) is 49.0 Å². The Morgan fingerprint density at radius 1 is 1.35 bits per heavy atom. The molecule has 3 N–H and O–H groups in total. The van der Waals surface area contributed by atoms with E-state index in [0.29, 0.717) is 25.6 Å². The SMILES string of the molecule is CCNC(=NCc1cccc(C)c1)NCCN1C(=O)CNC1=O. The standard InChI is InChI=1S/C16H23N5O2/c1-3-17-15(19-10-13-6-4-5-12(2)9-13)18-7-8-21-14(22)11-20-16(21)23/h4-6,9H,3,7-8,10-11H2,1-2H3,(H,20,23)(H2,17,18,19). The minimum atomic E-state index is -0.335. The zero-order chi connectivity index (χ0) is 16.7. The Balaban J connectivity index is 1.86. The second kappa shape index (κ2) is 8.17. The summed E-state index contributed by atoms with van der Waals surface area (Å²) in [6.45, 7) is 6.21. The first-order valence-electron chi connectivity index (χ1n) is 7.76. The lowest BCUT2D eigenvalue weighted by Gasteiger charge is -2.15. The molecule has 3 amide bonds. The molecular weight excluding hydrogens is 294 g/mol. The van der Waals surface area contributed by atoms with Gasteiger partial charge in [-0.1, -0.05) is 29.8 Å². The van der Waals surface area contributed by atoms with Crippen LogP contribution >= 0.6 is 0 Å². The number of carbonyl (C=O) groups is 2. The third-order valence-corrected chi connectivity index (χ3v) is 3.41. The Bertz CT molecular complexity index is 584. The number of hydrogen-bond acceptors (Lipinski definition) is 3. The van der Waals surface area contributed by atoms with E-state index in [2.05, 4.69) is 40.0 Å². The van der Waals surface area contributed by atoms with Gasteiger partial charge in [0, 0.05) is 19.6 Å². The van der Waals surface area contributed by atoms with Crippen molar-refractivity contribution in [2.45, 2.75) is 20.4 Å². The maximum atomic E-state index is 11.5. The van der Waals surface area contributed by atoms with Gasteiger partial charge in [-0.15, -0.1) is 0 Å². The number of guanidine groups is 1. The molecule has 23 heavy (non-hydrogen) atoms. The van der Waals surface area contributed by atoms with Crippen molar-refractivity contribution < 1.29 is 9.59 Å². The van der Waals surface area contributed by atoms with E-state index in [1.54, 1.807) is 0 Å². The van der Waals surface area contributed by atoms with Crippen LogP contribution in [0, 0.1) is 6.92 Å². The van der Waals surface area contributed by atoms with Gasteiger partial charge in [-0.2, -0.15) is 0 Å². The largest absolute Gasteiger partial charge is 0.357 e. The molecule has 0 radical (unpaired) electrons. The van der Waals surface area contributed by atoms with E-state index in [1.807, 2.05) is 19.1 Å². The molecule has 0 spiro atoms. The van der Waals surface area contributed by atoms with Crippen LogP contribution in [0.1, 0.15) is 18.1 Å². The molecule has 0 aromatic heterocycles. The highest BCUT2D eigenvalue weighted by Gasteiger charge is 2.27. The smallest absolute Gasteiger partial charge is 0.324 e. The van der Waals surface area contributed by atoms with Gasteiger partial charge in [-0.3, -0.25) is 9.69 Å². The predicted octanol–water partition coefficient (Wildman–Crippen LogP) is 0.602. The minimum absolute atomic E-state index is 0.0837. The van der Waals surface area contributed by atoms with Crippen molar-refractivity contribution in [2.24, 2.45) is 4.99 Å². The van der Waals surface area contributed by atoms with Crippen molar-refractivity contribution >= 4 is 17.9 Å². The number of imide groups is 1. The molecule has 1 aliphatic rings. The topological polar surface area (TPSA) is 85.8 Å². The van der Waals surface area contributed by atoms with Crippen molar-refractivity contribution in [3.63, 3.8) is 0 Å². The highest BCUT2D eigenvalue weighted by molar-refractivity contribution is 6.01. The molecule has 0 bridgehead atoms. The minimum Gasteiger partial charge on any atom is -0.357 e. The van der Waals surface area contributed by atoms with Crippen molar-refractivity contribution in [1.82, 2.24) is 20.9 Å². The van der Waals surface area contributed by atoms with Crippen LogP contribution in [0.2, 0.25) is 0 Å². The predicted molar refractivity (Wildman–Crippen MR) is 89.1 cm³/mol. The fourth-order valence-electron chi connectivity index (χ4n) is 2.29. The van der Waals surface area contributed by atoms with E-state index in [0.717, 1.165) is 12.1 Å². The van der Waals surface area contributed by atoms with Gasteiger partial charge in [-0.25, -0.2) is 9.79 Å². The number of amides is 3. The van der Waals surface area contributed by atoms with Gasteiger partial charge in [0.25, 0.3) is 0 Å². The number of hydrogen-bond donors (Lipinski definition) is 3. The quantitative estimate of drug-likeness (QED) is 0.407. The maximum absolute atomic E-state index is 11.5. The first kappa shape index (κ1) is 16.8. The summed E-state index contributed by atoms with van der Waals surface area (Å²) >= 11 is 0. The lowest BCUT2D eigenvalue weighted by atomic mass is 10.1. The summed E-state index contributed by atoms with van der Waals surface area (Å²) in [4.78, 5) is 28.7. The van der Waals surface area contributed by atoms with Crippen LogP contribution in [0.4, 0.5) is 4.79 Å². The Kier molecular flexibility index (Phi) is 5.96. The molecule has 2 rings (SSSR count). The van der Waals surface area contributed by atoms with Gasteiger partial charge in [0.1, 0.15) is 0 Å². The highest BCUT2D eigenvalue weighted by atomic mass is 16.2. The molecule has 0 saturated carbocycles. The number of rotatable bonds is 6. The molecule has 1 aromatic rings. The Morgan fingerprint density at radius 3 is 2.83 bits per heavy atom. The number of carbonyl (C=O) groups excluding carboxylic acids is 2. The van der Waals surface area contributed by atoms with Crippen molar-refractivity contribution in [1.29, 1.82) is 0 Å². The van der Waals surface area contributed by atoms with Crippen LogP contribution < -0.4 is 16.0 Å². The van der Waals surface area contributed by atoms with E-state index >= 15 is 0 Å². The fourth-order valence-corrected chi connectivity index (χ4v) is 2.29. The maximum Gasteiger partial charge on any atom is 0.324 e. The Morgan fingerprint density at radius 2 is 2.17 bits per heavy atom. The summed E-state index contributed by atoms with van der Waals surface area (Å²) in [5.74, 6) is 0.472. The molecule has 1 fully saturated rings. The first-order chi connectivity index (χ1) is 11.1. The van der Waals surface area contributed by atoms with E-state index in [-0.39, 0.29) is 18.5 Å². The third-order valence-electron chi connectivity index (χ3n) is 3.41. The summed E-state index contributed by atoms with van der Waals surface area (Å²) < 4.78 is 0. The average molecular weight is 317 g/mol. The lowest BCUT2D eigenvalue weighted by molar-refractivity contribution is -0.124. The monoisotopic (exact) mass is 317 g/mol. The molecule has 7 heteroatoms. The van der Waals surface area contributed by atoms with Crippen LogP contribution in [0.25, 0.3) is 0 Å². The van der Waals surface area contributed by atoms with Gasteiger partial charge < -0.3 is 16.0 Å². The summed E-state index contributed by atoms with van der Waals surface area (Å²) in [5.41, 5.74) is 2.34. The van der Waals surface area contributed by atoms with Gasteiger partial charge >= 0.3 is 6.03 Å². The normalized spacial score (nSPS) is 14.9. The summed E-state index contributed by atoms with van der Waals surface area (Å²) in [5, 5.41) is 8.79. The molecular formula is C16H23N5O2. The van der Waals surface area contributed by atoms with E-state index < -0.39 is 0 Å². The van der Waals surface area contributed by atoms with Gasteiger partial charge in [-0.05, 0) is 19.4 Å². The zero-order valence-electron chi connectivity index (χ0n) is 13.6. The van der Waals surface area contributed by atoms with Crippen molar-refractivity contribution in [3.05, 3.63) is 35.4 Å². The number of urea groups is 1. The number of aliphatic imine (C=N–C) groups is 1. The van der Waals surface area contributed by atoms with Gasteiger partial charge in [0.05, 0.1) is 13.1 Å².